The number of amides is 1. The van der Waals surface area contributed by atoms with Crippen molar-refractivity contribution in [2.45, 2.75) is 39.5 Å². The number of rotatable bonds is 7. The smallest absolute Gasteiger partial charge is 0.411 e. The molecule has 0 radical (unpaired) electrons. The van der Waals surface area contributed by atoms with Crippen molar-refractivity contribution in [2.75, 3.05) is 0 Å². The number of nitrogens with two attached hydrogens (primary N) is 1. The Morgan fingerprint density at radius 3 is 1.61 bits per heavy atom. The van der Waals surface area contributed by atoms with Gasteiger partial charge in [-0.05, 0) is 62.4 Å². The van der Waals surface area contributed by atoms with Crippen LogP contribution in [0.5, 0.6) is 0 Å². The highest BCUT2D eigenvalue weighted by Crippen LogP contribution is 2.33. The van der Waals surface area contributed by atoms with Gasteiger partial charge in [0.05, 0.1) is 11.0 Å². The van der Waals surface area contributed by atoms with Crippen molar-refractivity contribution in [2.24, 2.45) is 16.0 Å². The number of aromatic nitrogens is 10. The molecule has 0 spiro atoms. The molecule has 288 valence electrons. The molecule has 2 aromatic carbocycles. The Bertz CT molecular complexity index is 2910. The van der Waals surface area contributed by atoms with Gasteiger partial charge in [-0.3, -0.25) is 14.8 Å². The summed E-state index contributed by atoms with van der Waals surface area (Å²) in [5, 5.41) is 40.9. The monoisotopic (exact) mass is 779 g/mol. The maximum Gasteiger partial charge on any atom is 0.430 e. The Kier molecular flexibility index (Phi) is 10.2. The lowest BCUT2D eigenvalue weighted by Gasteiger charge is -2.14. The molecule has 8 rings (SSSR count). The number of oxime groups is 2. The minimum atomic E-state index is -1.06. The first-order chi connectivity index (χ1) is 27.4. The molecule has 0 saturated heterocycles. The topological polar surface area (TPSA) is 209 Å². The van der Waals surface area contributed by atoms with E-state index in [1.807, 2.05) is 0 Å². The third kappa shape index (κ3) is 7.10. The second-order valence-electron chi connectivity index (χ2n) is 12.6. The summed E-state index contributed by atoms with van der Waals surface area (Å²) in [6, 6.07) is 15.1. The van der Waals surface area contributed by atoms with Gasteiger partial charge in [0.1, 0.15) is 46.1 Å². The van der Waals surface area contributed by atoms with E-state index in [0.717, 1.165) is 0 Å². The summed E-state index contributed by atoms with van der Waals surface area (Å²) in [6.07, 6.45) is 1.88. The predicted molar refractivity (Wildman–Crippen MR) is 197 cm³/mol. The van der Waals surface area contributed by atoms with Gasteiger partial charge in [-0.2, -0.15) is 19.2 Å². The molecule has 6 heterocycles. The predicted octanol–water partition coefficient (Wildman–Crippen LogP) is 6.22. The van der Waals surface area contributed by atoms with Crippen molar-refractivity contribution in [3.8, 4) is 0 Å². The molecule has 1 amide bonds. The van der Waals surface area contributed by atoms with E-state index >= 15 is 8.78 Å². The highest BCUT2D eigenvalue weighted by Gasteiger charge is 2.27. The van der Waals surface area contributed by atoms with Crippen LogP contribution in [0.3, 0.4) is 0 Å². The van der Waals surface area contributed by atoms with Crippen LogP contribution in [0.15, 0.2) is 83.4 Å². The Labute approximate surface area is 318 Å². The number of carbonyl (C=O) groups is 1. The largest absolute Gasteiger partial charge is 0.430 e. The minimum absolute atomic E-state index is 0.135. The average molecular weight is 780 g/mol. The lowest BCUT2D eigenvalue weighted by atomic mass is 9.97. The highest BCUT2D eigenvalue weighted by atomic mass is 19.1. The third-order valence-corrected chi connectivity index (χ3v) is 9.04. The number of nitrogens with zero attached hydrogens (tertiary/aromatic N) is 12. The third-order valence-electron chi connectivity index (χ3n) is 9.04. The van der Waals surface area contributed by atoms with Crippen molar-refractivity contribution in [3.05, 3.63) is 130 Å². The zero-order valence-corrected chi connectivity index (χ0v) is 30.3. The highest BCUT2D eigenvalue weighted by molar-refractivity contribution is 5.97. The Hall–Kier alpha value is -7.51. The molecule has 0 bridgehead atoms. The van der Waals surface area contributed by atoms with Crippen LogP contribution < -0.4 is 5.73 Å². The van der Waals surface area contributed by atoms with Crippen molar-refractivity contribution >= 4 is 50.6 Å². The number of carbonyl (C=O) groups excluding carboxylic acids is 1. The number of primary amides is 1. The summed E-state index contributed by atoms with van der Waals surface area (Å²) in [5.74, 6) is -3.96. The van der Waals surface area contributed by atoms with Crippen LogP contribution in [0.25, 0.3) is 33.1 Å². The van der Waals surface area contributed by atoms with E-state index in [1.54, 1.807) is 70.2 Å². The molecule has 0 saturated carbocycles. The van der Waals surface area contributed by atoms with Gasteiger partial charge in [-0.25, -0.2) is 22.4 Å². The van der Waals surface area contributed by atoms with E-state index in [0.29, 0.717) is 28.4 Å². The summed E-state index contributed by atoms with van der Waals surface area (Å²) in [4.78, 5) is 23.1. The van der Waals surface area contributed by atoms with Gasteiger partial charge in [0.25, 0.3) is 0 Å². The second-order valence-corrected chi connectivity index (χ2v) is 12.6. The molecule has 0 aliphatic rings. The van der Waals surface area contributed by atoms with Crippen LogP contribution in [0, 0.1) is 23.3 Å². The van der Waals surface area contributed by atoms with Crippen LogP contribution >= 0.6 is 0 Å². The molecule has 3 N–H and O–H groups in total. The van der Waals surface area contributed by atoms with Gasteiger partial charge in [-0.1, -0.05) is 24.2 Å². The van der Waals surface area contributed by atoms with Crippen LogP contribution in [0.4, 0.5) is 22.4 Å². The van der Waals surface area contributed by atoms with E-state index in [2.05, 4.69) is 55.7 Å². The average Bonchev–Trinajstić information content (AvgIpc) is 3.84. The summed E-state index contributed by atoms with van der Waals surface area (Å²) < 4.78 is 62.3. The maximum atomic E-state index is 15.1. The number of hydrogen-bond acceptors (Lipinski definition) is 13. The van der Waals surface area contributed by atoms with Gasteiger partial charge in [0.15, 0.2) is 22.9 Å². The zero-order chi connectivity index (χ0) is 40.5. The van der Waals surface area contributed by atoms with Crippen LogP contribution in [-0.2, 0) is 4.84 Å². The van der Waals surface area contributed by atoms with Crippen molar-refractivity contribution in [1.82, 2.24) is 49.6 Å². The molecule has 0 fully saturated rings. The van der Waals surface area contributed by atoms with Gasteiger partial charge < -0.3 is 10.9 Å². The Balaban J connectivity index is 0.000000175. The number of hydrogen-bond donors (Lipinski definition) is 2. The van der Waals surface area contributed by atoms with Gasteiger partial charge in [0, 0.05) is 58.3 Å². The minimum Gasteiger partial charge on any atom is -0.411 e. The normalized spacial score (nSPS) is 13.2. The summed E-state index contributed by atoms with van der Waals surface area (Å²) in [5.41, 5.74) is 7.11. The van der Waals surface area contributed by atoms with Crippen LogP contribution in [-0.4, -0.2) is 72.3 Å². The molecule has 8 aromatic rings. The molecule has 0 aliphatic heterocycles. The van der Waals surface area contributed by atoms with Crippen molar-refractivity contribution in [3.63, 3.8) is 0 Å². The molecule has 20 heteroatoms. The molecular weight excluding hydrogens is 750 g/mol. The first-order valence-electron chi connectivity index (χ1n) is 17.0. The fourth-order valence-electron chi connectivity index (χ4n) is 6.13. The molecule has 0 aliphatic carbocycles. The Morgan fingerprint density at radius 2 is 1.18 bits per heavy atom. The molecule has 0 unspecified atom stereocenters. The molecular formula is C37H29F4N13O3. The van der Waals surface area contributed by atoms with Crippen molar-refractivity contribution in [1.29, 1.82) is 0 Å². The van der Waals surface area contributed by atoms with Crippen LogP contribution in [0.1, 0.15) is 73.7 Å². The first kappa shape index (κ1) is 37.8. The van der Waals surface area contributed by atoms with E-state index in [-0.39, 0.29) is 50.3 Å². The summed E-state index contributed by atoms with van der Waals surface area (Å²) in [6.45, 7) is 6.37. The number of halogens is 4. The van der Waals surface area contributed by atoms with Gasteiger partial charge >= 0.3 is 6.09 Å². The zero-order valence-electron chi connectivity index (χ0n) is 30.3. The lowest BCUT2D eigenvalue weighted by molar-refractivity contribution is 0.161. The van der Waals surface area contributed by atoms with Crippen molar-refractivity contribution < 1.29 is 32.4 Å². The molecule has 6 aromatic heterocycles. The molecule has 16 nitrogen and oxygen atoms in total. The van der Waals surface area contributed by atoms with E-state index < -0.39 is 41.2 Å². The standard InChI is InChI=1S/C19H15F2N7O2.C18H14F2N6O/c1-9(16-12(20)8-14-11(17(16)21)4-3-7-23-14)18-25-24-15-6-5-13(26-28(15)18)10(2)27-30-19(22)29;1-9(16-12(19)8-14-11(17(16)20)4-3-7-21-14)18-23-22-15-6-5-13(10(2)25-27)24-26(15)18/h3-9H,1-2H3,(H2,22,29);3-9,27H,1-2H3/b27-10+;25-10+/t2*9-/m00/s1. The Morgan fingerprint density at radius 1 is 0.719 bits per heavy atom. The first-order valence-corrected chi connectivity index (χ1v) is 17.0. The van der Waals surface area contributed by atoms with E-state index in [4.69, 9.17) is 10.9 Å². The fraction of sp³-hybridized carbons (Fsp3) is 0.162. The number of benzene rings is 2. The quantitative estimate of drug-likeness (QED) is 0.0610. The van der Waals surface area contributed by atoms with Gasteiger partial charge in [0.2, 0.25) is 0 Å². The molecule has 57 heavy (non-hydrogen) atoms. The summed E-state index contributed by atoms with van der Waals surface area (Å²) >= 11 is 0. The number of pyridine rings is 2. The maximum absolute atomic E-state index is 15.1. The molecule has 2 atom stereocenters. The summed E-state index contributed by atoms with van der Waals surface area (Å²) in [7, 11) is 0. The fourth-order valence-corrected chi connectivity index (χ4v) is 6.13. The van der Waals surface area contributed by atoms with Gasteiger partial charge in [-0.15, -0.1) is 20.4 Å². The lowest BCUT2D eigenvalue weighted by Crippen LogP contribution is -2.13. The van der Waals surface area contributed by atoms with E-state index in [9.17, 15) is 13.6 Å². The SMILES string of the molecule is C/C(=N\O)c1ccc2nnc([C@@H](C)c3c(F)cc4ncccc4c3F)n2n1.C/C(=N\OC(N)=O)c1ccc2nnc([C@@H](C)c3c(F)cc4ncccc4c3F)n2n1. The second kappa shape index (κ2) is 15.3. The van der Waals surface area contributed by atoms with E-state index in [1.165, 1.54) is 39.6 Å². The number of fused-ring (bicyclic) bond motifs is 4. The van der Waals surface area contributed by atoms with Crippen LogP contribution in [0.2, 0.25) is 0 Å².